The van der Waals surface area contributed by atoms with E-state index in [-0.39, 0.29) is 12.2 Å². The molecule has 2 unspecified atom stereocenters. The first-order valence-electron chi connectivity index (χ1n) is 5.91. The molecular formula is C12H13ClF3NO4. The maximum atomic E-state index is 12.6. The topological polar surface area (TPSA) is 79.7 Å². The largest absolute Gasteiger partial charge is 0.466 e. The monoisotopic (exact) mass is 327 g/mol. The number of alkyl halides is 3. The molecule has 0 aliphatic carbocycles. The van der Waals surface area contributed by atoms with Crippen molar-refractivity contribution in [1.29, 1.82) is 0 Å². The second kappa shape index (κ2) is 7.06. The molecule has 0 aliphatic heterocycles. The lowest BCUT2D eigenvalue weighted by Crippen LogP contribution is -2.23. The van der Waals surface area contributed by atoms with E-state index in [1.807, 2.05) is 0 Å². The Labute approximate surface area is 123 Å². The van der Waals surface area contributed by atoms with Gasteiger partial charge in [-0.05, 0) is 24.6 Å². The summed E-state index contributed by atoms with van der Waals surface area (Å²) in [5, 5.41) is 19.0. The summed E-state index contributed by atoms with van der Waals surface area (Å²) in [4.78, 5) is 14.3. The standard InChI is InChI=1S/C12H13ClF3NO4/c1-2-21-10(19)5-7(18)11(20)6-3-8(12(14,15)16)17-9(13)4-6/h3-4,7,11,18,20H,2,5H2,1H3. The SMILES string of the molecule is CCOC(=O)CC(O)C(O)c1cc(Cl)nc(C(F)(F)F)c1. The van der Waals surface area contributed by atoms with E-state index in [1.54, 1.807) is 6.92 Å². The van der Waals surface area contributed by atoms with Crippen molar-refractivity contribution in [3.05, 3.63) is 28.5 Å². The van der Waals surface area contributed by atoms with E-state index in [4.69, 9.17) is 11.6 Å². The van der Waals surface area contributed by atoms with Crippen LogP contribution >= 0.6 is 11.6 Å². The Kier molecular flexibility index (Phi) is 5.94. The summed E-state index contributed by atoms with van der Waals surface area (Å²) in [6.07, 6.45) is -8.65. The number of ether oxygens (including phenoxy) is 1. The molecule has 21 heavy (non-hydrogen) atoms. The number of carbonyl (C=O) groups excluding carboxylic acids is 1. The maximum absolute atomic E-state index is 12.6. The molecular weight excluding hydrogens is 315 g/mol. The summed E-state index contributed by atoms with van der Waals surface area (Å²) in [5.41, 5.74) is -1.59. The average Bonchev–Trinajstić information content (AvgIpc) is 2.36. The summed E-state index contributed by atoms with van der Waals surface area (Å²) >= 11 is 5.46. The highest BCUT2D eigenvalue weighted by Gasteiger charge is 2.34. The molecule has 118 valence electrons. The highest BCUT2D eigenvalue weighted by atomic mass is 35.5. The molecule has 2 atom stereocenters. The number of aliphatic hydroxyl groups is 2. The Morgan fingerprint density at radius 2 is 2.05 bits per heavy atom. The summed E-state index contributed by atoms with van der Waals surface area (Å²) in [7, 11) is 0. The summed E-state index contributed by atoms with van der Waals surface area (Å²) in [5.74, 6) is -0.778. The average molecular weight is 328 g/mol. The Morgan fingerprint density at radius 3 is 2.57 bits per heavy atom. The molecule has 0 aromatic carbocycles. The van der Waals surface area contributed by atoms with Crippen molar-refractivity contribution in [1.82, 2.24) is 4.98 Å². The fourth-order valence-electron chi connectivity index (χ4n) is 1.56. The zero-order valence-corrected chi connectivity index (χ0v) is 11.6. The van der Waals surface area contributed by atoms with Crippen molar-refractivity contribution in [2.45, 2.75) is 31.7 Å². The number of aliphatic hydroxyl groups excluding tert-OH is 2. The van der Waals surface area contributed by atoms with Gasteiger partial charge in [0.25, 0.3) is 0 Å². The lowest BCUT2D eigenvalue weighted by Gasteiger charge is -2.18. The number of carbonyl (C=O) groups is 1. The van der Waals surface area contributed by atoms with Gasteiger partial charge in [-0.25, -0.2) is 4.98 Å². The van der Waals surface area contributed by atoms with Gasteiger partial charge in [-0.2, -0.15) is 13.2 Å². The normalized spacial score (nSPS) is 14.6. The lowest BCUT2D eigenvalue weighted by molar-refractivity contribution is -0.147. The van der Waals surface area contributed by atoms with Gasteiger partial charge in [0.1, 0.15) is 17.0 Å². The third kappa shape index (κ3) is 5.14. The molecule has 0 saturated heterocycles. The fourth-order valence-corrected chi connectivity index (χ4v) is 1.77. The van der Waals surface area contributed by atoms with Crippen molar-refractivity contribution < 1.29 is 32.9 Å². The molecule has 1 aromatic rings. The van der Waals surface area contributed by atoms with Crippen molar-refractivity contribution >= 4 is 17.6 Å². The number of hydrogen-bond acceptors (Lipinski definition) is 5. The van der Waals surface area contributed by atoms with E-state index in [1.165, 1.54) is 0 Å². The zero-order chi connectivity index (χ0) is 16.2. The molecule has 0 amide bonds. The minimum Gasteiger partial charge on any atom is -0.466 e. The predicted octanol–water partition coefficient (Wildman–Crippen LogP) is 2.10. The first-order chi connectivity index (χ1) is 9.65. The third-order valence-corrected chi connectivity index (χ3v) is 2.69. The van der Waals surface area contributed by atoms with Crippen LogP contribution in [0.25, 0.3) is 0 Å². The van der Waals surface area contributed by atoms with Crippen molar-refractivity contribution in [2.75, 3.05) is 6.61 Å². The fraction of sp³-hybridized carbons (Fsp3) is 0.500. The van der Waals surface area contributed by atoms with Crippen molar-refractivity contribution in [3.63, 3.8) is 0 Å². The van der Waals surface area contributed by atoms with Crippen LogP contribution in [0.4, 0.5) is 13.2 Å². The van der Waals surface area contributed by atoms with Gasteiger partial charge in [0.05, 0.1) is 19.1 Å². The van der Waals surface area contributed by atoms with Crippen LogP contribution in [0.15, 0.2) is 12.1 Å². The highest BCUT2D eigenvalue weighted by molar-refractivity contribution is 6.29. The van der Waals surface area contributed by atoms with E-state index in [0.29, 0.717) is 6.07 Å². The summed E-state index contributed by atoms with van der Waals surface area (Å²) in [6, 6.07) is 1.54. The van der Waals surface area contributed by atoms with E-state index in [0.717, 1.165) is 6.07 Å². The Bertz CT molecular complexity index is 510. The van der Waals surface area contributed by atoms with Gasteiger partial charge in [-0.1, -0.05) is 11.6 Å². The quantitative estimate of drug-likeness (QED) is 0.639. The van der Waals surface area contributed by atoms with E-state index in [2.05, 4.69) is 9.72 Å². The number of pyridine rings is 1. The summed E-state index contributed by atoms with van der Waals surface area (Å²) < 4.78 is 42.3. The minimum absolute atomic E-state index is 0.0843. The van der Waals surface area contributed by atoms with Crippen LogP contribution in [-0.4, -0.2) is 33.9 Å². The van der Waals surface area contributed by atoms with Crippen LogP contribution in [0, 0.1) is 0 Å². The highest BCUT2D eigenvalue weighted by Crippen LogP contribution is 2.31. The lowest BCUT2D eigenvalue weighted by atomic mass is 10.0. The number of nitrogens with zero attached hydrogens (tertiary/aromatic N) is 1. The zero-order valence-electron chi connectivity index (χ0n) is 10.9. The van der Waals surface area contributed by atoms with Gasteiger partial charge in [0.15, 0.2) is 0 Å². The molecule has 9 heteroatoms. The van der Waals surface area contributed by atoms with Gasteiger partial charge in [0.2, 0.25) is 0 Å². The maximum Gasteiger partial charge on any atom is 0.433 e. The van der Waals surface area contributed by atoms with Crippen LogP contribution in [0.1, 0.15) is 30.7 Å². The van der Waals surface area contributed by atoms with Crippen LogP contribution in [-0.2, 0) is 15.7 Å². The van der Waals surface area contributed by atoms with E-state index >= 15 is 0 Å². The second-order valence-corrected chi connectivity index (χ2v) is 4.51. The molecule has 0 saturated carbocycles. The van der Waals surface area contributed by atoms with Gasteiger partial charge >= 0.3 is 12.1 Å². The molecule has 1 rings (SSSR count). The molecule has 1 heterocycles. The molecule has 0 bridgehead atoms. The Hall–Kier alpha value is -1.38. The van der Waals surface area contributed by atoms with Gasteiger partial charge in [-0.3, -0.25) is 4.79 Å². The second-order valence-electron chi connectivity index (χ2n) is 4.13. The van der Waals surface area contributed by atoms with Crippen LogP contribution in [0.3, 0.4) is 0 Å². The van der Waals surface area contributed by atoms with Crippen LogP contribution in [0.2, 0.25) is 5.15 Å². The van der Waals surface area contributed by atoms with Gasteiger partial charge < -0.3 is 14.9 Å². The molecule has 0 radical (unpaired) electrons. The van der Waals surface area contributed by atoms with E-state index < -0.39 is 41.6 Å². The van der Waals surface area contributed by atoms with Gasteiger partial charge in [-0.15, -0.1) is 0 Å². The number of esters is 1. The molecule has 0 spiro atoms. The van der Waals surface area contributed by atoms with E-state index in [9.17, 15) is 28.2 Å². The van der Waals surface area contributed by atoms with Crippen molar-refractivity contribution in [3.8, 4) is 0 Å². The molecule has 0 aliphatic rings. The number of halogens is 4. The van der Waals surface area contributed by atoms with Gasteiger partial charge in [0, 0.05) is 0 Å². The predicted molar refractivity (Wildman–Crippen MR) is 66.5 cm³/mol. The molecule has 2 N–H and O–H groups in total. The number of rotatable bonds is 5. The number of aromatic nitrogens is 1. The van der Waals surface area contributed by atoms with Crippen molar-refractivity contribution in [2.24, 2.45) is 0 Å². The first-order valence-corrected chi connectivity index (χ1v) is 6.29. The molecule has 0 fully saturated rings. The summed E-state index contributed by atoms with van der Waals surface area (Å²) in [6.45, 7) is 1.64. The molecule has 5 nitrogen and oxygen atoms in total. The minimum atomic E-state index is -4.74. The Morgan fingerprint density at radius 1 is 1.43 bits per heavy atom. The van der Waals surface area contributed by atoms with Crippen LogP contribution in [0.5, 0.6) is 0 Å². The third-order valence-electron chi connectivity index (χ3n) is 2.49. The Balaban J connectivity index is 2.94. The van der Waals surface area contributed by atoms with Crippen LogP contribution < -0.4 is 0 Å². The first kappa shape index (κ1) is 17.7. The number of hydrogen-bond donors (Lipinski definition) is 2. The smallest absolute Gasteiger partial charge is 0.433 e. The molecule has 1 aromatic heterocycles.